The van der Waals surface area contributed by atoms with E-state index in [1.54, 1.807) is 6.07 Å². The van der Waals surface area contributed by atoms with Crippen molar-refractivity contribution in [1.82, 2.24) is 0 Å². The Kier molecular flexibility index (Phi) is 3.53. The highest BCUT2D eigenvalue weighted by atomic mass is 19.2. The molecule has 0 bridgehead atoms. The largest absolute Gasteiger partial charge is 0.320 e. The van der Waals surface area contributed by atoms with Gasteiger partial charge in [0.15, 0.2) is 11.6 Å². The third-order valence-corrected chi connectivity index (χ3v) is 4.18. The number of nitrogens with two attached hydrogens (primary N) is 1. The topological polar surface area (TPSA) is 26.0 Å². The van der Waals surface area contributed by atoms with Crippen molar-refractivity contribution >= 4 is 0 Å². The Hall–Kier alpha value is -1.74. The summed E-state index contributed by atoms with van der Waals surface area (Å²) < 4.78 is 26.4. The summed E-state index contributed by atoms with van der Waals surface area (Å²) in [6.45, 7) is 0. The summed E-state index contributed by atoms with van der Waals surface area (Å²) in [7, 11) is 0. The Morgan fingerprint density at radius 3 is 2.40 bits per heavy atom. The Morgan fingerprint density at radius 1 is 1.00 bits per heavy atom. The molecule has 0 spiro atoms. The maximum Gasteiger partial charge on any atom is 0.159 e. The van der Waals surface area contributed by atoms with Crippen LogP contribution in [0.4, 0.5) is 8.78 Å². The van der Waals surface area contributed by atoms with Gasteiger partial charge in [0.2, 0.25) is 0 Å². The van der Waals surface area contributed by atoms with Gasteiger partial charge in [-0.3, -0.25) is 0 Å². The number of rotatable bonds is 3. The first-order chi connectivity index (χ1) is 9.66. The Bertz CT molecular complexity index is 620. The van der Waals surface area contributed by atoms with E-state index >= 15 is 0 Å². The van der Waals surface area contributed by atoms with Crippen molar-refractivity contribution in [2.24, 2.45) is 5.73 Å². The standard InChI is InChI=1S/C17H17F2N/c18-15-9-8-12(10-16(15)19)17(20)14-7-2-1-6-13(14)11-4-3-5-11/h1-2,6-11,17H,3-5,20H2. The molecule has 2 N–H and O–H groups in total. The maximum atomic E-state index is 13.4. The summed E-state index contributed by atoms with van der Waals surface area (Å²) in [6, 6.07) is 11.5. The van der Waals surface area contributed by atoms with Crippen molar-refractivity contribution in [2.45, 2.75) is 31.2 Å². The van der Waals surface area contributed by atoms with Gasteiger partial charge in [0.05, 0.1) is 6.04 Å². The minimum atomic E-state index is -0.848. The van der Waals surface area contributed by atoms with Crippen LogP contribution in [-0.4, -0.2) is 0 Å². The quantitative estimate of drug-likeness (QED) is 0.887. The number of hydrogen-bond donors (Lipinski definition) is 1. The highest BCUT2D eigenvalue weighted by Crippen LogP contribution is 2.40. The molecule has 1 saturated carbocycles. The van der Waals surface area contributed by atoms with Gasteiger partial charge in [-0.1, -0.05) is 36.8 Å². The van der Waals surface area contributed by atoms with Crippen LogP contribution in [0.25, 0.3) is 0 Å². The lowest BCUT2D eigenvalue weighted by Crippen LogP contribution is -2.18. The lowest BCUT2D eigenvalue weighted by molar-refractivity contribution is 0.416. The molecule has 3 rings (SSSR count). The molecule has 20 heavy (non-hydrogen) atoms. The monoisotopic (exact) mass is 273 g/mol. The third-order valence-electron chi connectivity index (χ3n) is 4.18. The van der Waals surface area contributed by atoms with Gasteiger partial charge < -0.3 is 5.73 Å². The van der Waals surface area contributed by atoms with E-state index in [-0.39, 0.29) is 0 Å². The molecule has 2 aromatic rings. The van der Waals surface area contributed by atoms with Gasteiger partial charge in [0.25, 0.3) is 0 Å². The van der Waals surface area contributed by atoms with Crippen molar-refractivity contribution in [2.75, 3.05) is 0 Å². The molecular formula is C17H17F2N. The summed E-state index contributed by atoms with van der Waals surface area (Å²) in [6.07, 6.45) is 3.61. The molecule has 0 aromatic heterocycles. The molecule has 1 unspecified atom stereocenters. The minimum absolute atomic E-state index is 0.415. The van der Waals surface area contributed by atoms with E-state index in [9.17, 15) is 8.78 Å². The molecule has 104 valence electrons. The summed E-state index contributed by atoms with van der Waals surface area (Å²) >= 11 is 0. The molecule has 1 nitrogen and oxygen atoms in total. The van der Waals surface area contributed by atoms with Crippen LogP contribution in [0.15, 0.2) is 42.5 Å². The first-order valence-corrected chi connectivity index (χ1v) is 6.96. The first kappa shape index (κ1) is 13.3. The van der Waals surface area contributed by atoms with Gasteiger partial charge >= 0.3 is 0 Å². The predicted octanol–water partition coefficient (Wildman–Crippen LogP) is 4.28. The summed E-state index contributed by atoms with van der Waals surface area (Å²) in [5, 5.41) is 0. The fourth-order valence-electron chi connectivity index (χ4n) is 2.77. The fourth-order valence-corrected chi connectivity index (χ4v) is 2.77. The summed E-state index contributed by atoms with van der Waals surface area (Å²) in [5.74, 6) is -1.13. The average Bonchev–Trinajstić information content (AvgIpc) is 2.40. The molecule has 1 atom stereocenters. The van der Waals surface area contributed by atoms with Gasteiger partial charge in [-0.05, 0) is 47.6 Å². The molecule has 0 heterocycles. The Morgan fingerprint density at radius 2 is 1.75 bits per heavy atom. The van der Waals surface area contributed by atoms with Crippen LogP contribution in [-0.2, 0) is 0 Å². The highest BCUT2D eigenvalue weighted by Gasteiger charge is 2.24. The lowest BCUT2D eigenvalue weighted by Gasteiger charge is -2.29. The van der Waals surface area contributed by atoms with Crippen LogP contribution in [0, 0.1) is 11.6 Å². The molecular weight excluding hydrogens is 256 g/mol. The molecule has 1 fully saturated rings. The van der Waals surface area contributed by atoms with Crippen LogP contribution >= 0.6 is 0 Å². The second kappa shape index (κ2) is 5.33. The van der Waals surface area contributed by atoms with E-state index in [2.05, 4.69) is 6.07 Å². The third kappa shape index (κ3) is 2.34. The van der Waals surface area contributed by atoms with Crippen LogP contribution in [0.3, 0.4) is 0 Å². The zero-order chi connectivity index (χ0) is 14.1. The second-order valence-corrected chi connectivity index (χ2v) is 5.41. The van der Waals surface area contributed by atoms with E-state index in [0.717, 1.165) is 11.6 Å². The van der Waals surface area contributed by atoms with Gasteiger partial charge in [-0.15, -0.1) is 0 Å². The van der Waals surface area contributed by atoms with Gasteiger partial charge in [0, 0.05) is 0 Å². The molecule has 1 aliphatic carbocycles. The normalized spacial score (nSPS) is 16.8. The zero-order valence-electron chi connectivity index (χ0n) is 11.2. The zero-order valence-corrected chi connectivity index (χ0v) is 11.2. The average molecular weight is 273 g/mol. The van der Waals surface area contributed by atoms with Crippen molar-refractivity contribution in [3.05, 3.63) is 70.8 Å². The maximum absolute atomic E-state index is 13.4. The smallest absolute Gasteiger partial charge is 0.159 e. The van der Waals surface area contributed by atoms with Crippen LogP contribution < -0.4 is 5.73 Å². The van der Waals surface area contributed by atoms with Crippen molar-refractivity contribution in [3.8, 4) is 0 Å². The van der Waals surface area contributed by atoms with Crippen LogP contribution in [0.1, 0.15) is 47.9 Å². The summed E-state index contributed by atoms with van der Waals surface area (Å²) in [4.78, 5) is 0. The first-order valence-electron chi connectivity index (χ1n) is 6.96. The Labute approximate surface area is 117 Å². The highest BCUT2D eigenvalue weighted by molar-refractivity contribution is 5.39. The molecule has 2 aromatic carbocycles. The number of benzene rings is 2. The second-order valence-electron chi connectivity index (χ2n) is 5.41. The number of halogens is 2. The van der Waals surface area contributed by atoms with E-state index in [4.69, 9.17) is 5.73 Å². The minimum Gasteiger partial charge on any atom is -0.320 e. The lowest BCUT2D eigenvalue weighted by atomic mass is 9.76. The van der Waals surface area contributed by atoms with Crippen LogP contribution in [0.2, 0.25) is 0 Å². The van der Waals surface area contributed by atoms with E-state index < -0.39 is 17.7 Å². The molecule has 1 aliphatic rings. The van der Waals surface area contributed by atoms with E-state index in [0.29, 0.717) is 11.5 Å². The molecule has 3 heteroatoms. The summed E-state index contributed by atoms with van der Waals surface area (Å²) in [5.41, 5.74) is 9.13. The van der Waals surface area contributed by atoms with E-state index in [1.807, 2.05) is 18.2 Å². The van der Waals surface area contributed by atoms with E-state index in [1.165, 1.54) is 30.9 Å². The molecule has 0 aliphatic heterocycles. The van der Waals surface area contributed by atoms with Crippen molar-refractivity contribution in [3.63, 3.8) is 0 Å². The Balaban J connectivity index is 1.97. The van der Waals surface area contributed by atoms with Gasteiger partial charge in [-0.2, -0.15) is 0 Å². The van der Waals surface area contributed by atoms with Gasteiger partial charge in [-0.25, -0.2) is 8.78 Å². The fraction of sp³-hybridized carbons (Fsp3) is 0.294. The molecule has 0 radical (unpaired) electrons. The van der Waals surface area contributed by atoms with Crippen molar-refractivity contribution < 1.29 is 8.78 Å². The predicted molar refractivity (Wildman–Crippen MR) is 75.4 cm³/mol. The SMILES string of the molecule is NC(c1ccc(F)c(F)c1)c1ccccc1C1CCC1. The van der Waals surface area contributed by atoms with Crippen molar-refractivity contribution in [1.29, 1.82) is 0 Å². The molecule has 0 saturated heterocycles. The van der Waals surface area contributed by atoms with Gasteiger partial charge in [0.1, 0.15) is 0 Å². The van der Waals surface area contributed by atoms with Crippen LogP contribution in [0.5, 0.6) is 0 Å². The number of hydrogen-bond acceptors (Lipinski definition) is 1. The molecule has 0 amide bonds.